The summed E-state index contributed by atoms with van der Waals surface area (Å²) < 4.78 is 4.70. The van der Waals surface area contributed by atoms with Crippen molar-refractivity contribution in [3.63, 3.8) is 0 Å². The molecule has 0 saturated carbocycles. The Hall–Kier alpha value is -3.15. The minimum atomic E-state index is -0.662. The Morgan fingerprint density at radius 3 is 2.30 bits per heavy atom. The monoisotopic (exact) mass is 310 g/mol. The SMILES string of the molecule is COC(=O)c1ccc(-c2ccccc2N)c2c1C(=O)N(C)C2=O. The minimum absolute atomic E-state index is 0.0603. The van der Waals surface area contributed by atoms with Gasteiger partial charge in [0.25, 0.3) is 11.8 Å². The number of carbonyl (C=O) groups excluding carboxylic acids is 3. The maximum absolute atomic E-state index is 12.5. The Morgan fingerprint density at radius 2 is 1.65 bits per heavy atom. The van der Waals surface area contributed by atoms with Gasteiger partial charge in [0.05, 0.1) is 23.8 Å². The Bertz CT molecular complexity index is 858. The van der Waals surface area contributed by atoms with E-state index in [-0.39, 0.29) is 16.7 Å². The predicted molar refractivity (Wildman–Crippen MR) is 84.1 cm³/mol. The second-order valence-electron chi connectivity index (χ2n) is 5.16. The number of fused-ring (bicyclic) bond motifs is 1. The highest BCUT2D eigenvalue weighted by molar-refractivity contribution is 6.27. The molecule has 0 bridgehead atoms. The number of anilines is 1. The van der Waals surface area contributed by atoms with Crippen molar-refractivity contribution in [2.45, 2.75) is 0 Å². The molecule has 0 saturated heterocycles. The van der Waals surface area contributed by atoms with E-state index in [2.05, 4.69) is 0 Å². The summed E-state index contributed by atoms with van der Waals surface area (Å²) in [5.41, 5.74) is 7.94. The zero-order valence-electron chi connectivity index (χ0n) is 12.6. The van der Waals surface area contributed by atoms with Gasteiger partial charge in [-0.25, -0.2) is 4.79 Å². The number of esters is 1. The van der Waals surface area contributed by atoms with Crippen molar-refractivity contribution in [2.24, 2.45) is 0 Å². The molecule has 0 unspecified atom stereocenters. The van der Waals surface area contributed by atoms with E-state index in [0.717, 1.165) is 4.90 Å². The van der Waals surface area contributed by atoms with Crippen LogP contribution in [0.1, 0.15) is 31.1 Å². The van der Waals surface area contributed by atoms with Crippen LogP contribution in [0.15, 0.2) is 36.4 Å². The lowest BCUT2D eigenvalue weighted by molar-refractivity contribution is 0.0590. The molecule has 6 heteroatoms. The van der Waals surface area contributed by atoms with Crippen molar-refractivity contribution in [1.29, 1.82) is 0 Å². The highest BCUT2D eigenvalue weighted by Gasteiger charge is 2.39. The van der Waals surface area contributed by atoms with Crippen LogP contribution in [0.25, 0.3) is 11.1 Å². The van der Waals surface area contributed by atoms with Crippen molar-refractivity contribution in [1.82, 2.24) is 4.90 Å². The van der Waals surface area contributed by atoms with Crippen molar-refractivity contribution < 1.29 is 19.1 Å². The molecule has 1 aliphatic rings. The Morgan fingerprint density at radius 1 is 1.00 bits per heavy atom. The van der Waals surface area contributed by atoms with Crippen LogP contribution < -0.4 is 5.73 Å². The molecule has 0 fully saturated rings. The zero-order chi connectivity index (χ0) is 16.7. The van der Waals surface area contributed by atoms with Crippen LogP contribution in [-0.2, 0) is 4.74 Å². The van der Waals surface area contributed by atoms with Gasteiger partial charge in [-0.15, -0.1) is 0 Å². The number of nitrogens with two attached hydrogens (primary N) is 1. The topological polar surface area (TPSA) is 89.7 Å². The fraction of sp³-hybridized carbons (Fsp3) is 0.118. The maximum Gasteiger partial charge on any atom is 0.338 e. The van der Waals surface area contributed by atoms with Crippen molar-refractivity contribution in [3.8, 4) is 11.1 Å². The second-order valence-corrected chi connectivity index (χ2v) is 5.16. The van der Waals surface area contributed by atoms with Gasteiger partial charge in [0.1, 0.15) is 0 Å². The van der Waals surface area contributed by atoms with Gasteiger partial charge < -0.3 is 10.5 Å². The number of benzene rings is 2. The van der Waals surface area contributed by atoms with Crippen molar-refractivity contribution in [2.75, 3.05) is 19.9 Å². The van der Waals surface area contributed by atoms with E-state index in [1.165, 1.54) is 20.2 Å². The van der Waals surface area contributed by atoms with Gasteiger partial charge in [0.15, 0.2) is 0 Å². The fourth-order valence-electron chi connectivity index (χ4n) is 2.72. The smallest absolute Gasteiger partial charge is 0.338 e. The van der Waals surface area contributed by atoms with Gasteiger partial charge in [-0.1, -0.05) is 24.3 Å². The molecule has 23 heavy (non-hydrogen) atoms. The first kappa shape index (κ1) is 14.8. The first-order valence-electron chi connectivity index (χ1n) is 6.90. The summed E-state index contributed by atoms with van der Waals surface area (Å²) >= 11 is 0. The van der Waals surface area contributed by atoms with E-state index in [1.54, 1.807) is 30.3 Å². The van der Waals surface area contributed by atoms with E-state index in [9.17, 15) is 14.4 Å². The molecule has 116 valence electrons. The van der Waals surface area contributed by atoms with E-state index >= 15 is 0 Å². The predicted octanol–water partition coefficient (Wildman–Crippen LogP) is 1.95. The third kappa shape index (κ3) is 2.07. The molecule has 2 aromatic carbocycles. The third-order valence-electron chi connectivity index (χ3n) is 3.90. The molecule has 6 nitrogen and oxygen atoms in total. The van der Waals surface area contributed by atoms with Crippen LogP contribution in [0, 0.1) is 0 Å². The molecule has 2 N–H and O–H groups in total. The van der Waals surface area contributed by atoms with E-state index in [0.29, 0.717) is 16.8 Å². The number of carbonyl (C=O) groups is 3. The van der Waals surface area contributed by atoms with E-state index in [4.69, 9.17) is 10.5 Å². The van der Waals surface area contributed by atoms with Crippen molar-refractivity contribution >= 4 is 23.5 Å². The summed E-state index contributed by atoms with van der Waals surface area (Å²) in [6.07, 6.45) is 0. The molecular weight excluding hydrogens is 296 g/mol. The second kappa shape index (κ2) is 5.24. The van der Waals surface area contributed by atoms with Gasteiger partial charge in [-0.2, -0.15) is 0 Å². The van der Waals surface area contributed by atoms with Gasteiger partial charge in [0, 0.05) is 18.3 Å². The lowest BCUT2D eigenvalue weighted by atomic mass is 9.92. The highest BCUT2D eigenvalue weighted by atomic mass is 16.5. The summed E-state index contributed by atoms with van der Waals surface area (Å²) in [4.78, 5) is 37.8. The van der Waals surface area contributed by atoms with Gasteiger partial charge >= 0.3 is 5.97 Å². The summed E-state index contributed by atoms with van der Waals surface area (Å²) in [6, 6.07) is 10.1. The quantitative estimate of drug-likeness (QED) is 0.520. The molecule has 1 aliphatic heterocycles. The number of nitrogens with zero attached hydrogens (tertiary/aromatic N) is 1. The Balaban J connectivity index is 2.35. The first-order valence-corrected chi connectivity index (χ1v) is 6.90. The van der Waals surface area contributed by atoms with Gasteiger partial charge in [-0.05, 0) is 17.7 Å². The Labute approximate surface area is 132 Å². The van der Waals surface area contributed by atoms with Gasteiger partial charge in [-0.3, -0.25) is 14.5 Å². The molecule has 0 aliphatic carbocycles. The van der Waals surface area contributed by atoms with Crippen LogP contribution in [0.2, 0.25) is 0 Å². The number of nitrogen functional groups attached to an aromatic ring is 1. The number of ether oxygens (including phenoxy) is 1. The number of hydrogen-bond acceptors (Lipinski definition) is 5. The van der Waals surface area contributed by atoms with Crippen LogP contribution in [-0.4, -0.2) is 36.8 Å². The number of para-hydroxylation sites is 1. The molecule has 1 heterocycles. The largest absolute Gasteiger partial charge is 0.465 e. The van der Waals surface area contributed by atoms with E-state index < -0.39 is 17.8 Å². The summed E-state index contributed by atoms with van der Waals surface area (Å²) in [5.74, 6) is -1.65. The van der Waals surface area contributed by atoms with Crippen LogP contribution in [0.3, 0.4) is 0 Å². The molecular formula is C17H14N2O4. The summed E-state index contributed by atoms with van der Waals surface area (Å²) in [6.45, 7) is 0. The fourth-order valence-corrected chi connectivity index (χ4v) is 2.72. The number of methoxy groups -OCH3 is 1. The van der Waals surface area contributed by atoms with Crippen LogP contribution in [0.4, 0.5) is 5.69 Å². The standard InChI is InChI=1S/C17H14N2O4/c1-19-15(20)13-10(9-5-3-4-6-12(9)18)7-8-11(17(22)23-2)14(13)16(19)21/h3-8H,18H2,1-2H3. The normalized spacial score (nSPS) is 13.2. The van der Waals surface area contributed by atoms with E-state index in [1.807, 2.05) is 0 Å². The average molecular weight is 310 g/mol. The van der Waals surface area contributed by atoms with Crippen LogP contribution in [0.5, 0.6) is 0 Å². The number of rotatable bonds is 2. The summed E-state index contributed by atoms with van der Waals surface area (Å²) in [7, 11) is 2.60. The first-order chi connectivity index (χ1) is 11.0. The molecule has 2 amide bonds. The molecule has 2 aromatic rings. The van der Waals surface area contributed by atoms with Crippen LogP contribution >= 0.6 is 0 Å². The number of hydrogen-bond donors (Lipinski definition) is 1. The average Bonchev–Trinajstić information content (AvgIpc) is 2.79. The lowest BCUT2D eigenvalue weighted by Crippen LogP contribution is -2.24. The lowest BCUT2D eigenvalue weighted by Gasteiger charge is -2.11. The molecule has 3 rings (SSSR count). The third-order valence-corrected chi connectivity index (χ3v) is 3.90. The molecule has 0 aromatic heterocycles. The highest BCUT2D eigenvalue weighted by Crippen LogP contribution is 2.36. The molecule has 0 spiro atoms. The number of imide groups is 1. The van der Waals surface area contributed by atoms with Gasteiger partial charge in [0.2, 0.25) is 0 Å². The molecule has 0 radical (unpaired) electrons. The zero-order valence-corrected chi connectivity index (χ0v) is 12.6. The Kier molecular flexibility index (Phi) is 3.37. The van der Waals surface area contributed by atoms with Crippen molar-refractivity contribution in [3.05, 3.63) is 53.1 Å². The number of amides is 2. The summed E-state index contributed by atoms with van der Waals surface area (Å²) in [5, 5.41) is 0. The maximum atomic E-state index is 12.5. The molecule has 0 atom stereocenters. The minimum Gasteiger partial charge on any atom is -0.465 e.